The van der Waals surface area contributed by atoms with E-state index in [-0.39, 0.29) is 5.91 Å². The van der Waals surface area contributed by atoms with E-state index in [2.05, 4.69) is 15.4 Å². The van der Waals surface area contributed by atoms with Gasteiger partial charge < -0.3 is 10.2 Å². The molecule has 0 aliphatic heterocycles. The fraction of sp³-hybridized carbons (Fsp3) is 0.250. The first-order valence-electron chi connectivity index (χ1n) is 5.52. The van der Waals surface area contributed by atoms with Gasteiger partial charge in [0, 0.05) is 27.3 Å². The second-order valence-corrected chi connectivity index (χ2v) is 4.03. The number of nitrogens with one attached hydrogen (secondary N) is 1. The van der Waals surface area contributed by atoms with Gasteiger partial charge in [-0.05, 0) is 12.1 Å². The lowest BCUT2D eigenvalue weighted by Crippen LogP contribution is -2.22. The van der Waals surface area contributed by atoms with Crippen LogP contribution in [0.15, 0.2) is 30.7 Å². The summed E-state index contributed by atoms with van der Waals surface area (Å²) < 4.78 is 1.63. The summed E-state index contributed by atoms with van der Waals surface area (Å²) in [6.45, 7) is 0. The van der Waals surface area contributed by atoms with Crippen molar-refractivity contribution in [3.63, 3.8) is 0 Å². The Labute approximate surface area is 105 Å². The molecule has 0 unspecified atom stereocenters. The molecule has 2 aromatic heterocycles. The zero-order valence-electron chi connectivity index (χ0n) is 10.6. The Morgan fingerprint density at radius 1 is 1.39 bits per heavy atom. The molecule has 94 valence electrons. The maximum Gasteiger partial charge on any atom is 0.273 e. The molecule has 0 radical (unpaired) electrons. The van der Waals surface area contributed by atoms with Crippen LogP contribution in [0.25, 0.3) is 5.69 Å². The zero-order valence-corrected chi connectivity index (χ0v) is 10.6. The van der Waals surface area contributed by atoms with E-state index >= 15 is 0 Å². The Hall–Kier alpha value is -2.37. The lowest BCUT2D eigenvalue weighted by Gasteiger charge is -2.07. The molecule has 0 saturated heterocycles. The highest BCUT2D eigenvalue weighted by molar-refractivity contribution is 5.91. The van der Waals surface area contributed by atoms with E-state index in [1.165, 1.54) is 4.90 Å². The standard InChI is InChI=1S/C12H15N5O/c1-13-9-6-10(8-14-7-9)17-5-4-11(15-17)12(18)16(2)3/h4-8,13H,1-3H3. The van der Waals surface area contributed by atoms with Crippen LogP contribution in [0.1, 0.15) is 10.5 Å². The van der Waals surface area contributed by atoms with Crippen LogP contribution < -0.4 is 5.32 Å². The molecular formula is C12H15N5O. The van der Waals surface area contributed by atoms with Crippen LogP contribution in [-0.4, -0.2) is 46.7 Å². The van der Waals surface area contributed by atoms with Crippen molar-refractivity contribution in [3.8, 4) is 5.69 Å². The smallest absolute Gasteiger partial charge is 0.273 e. The van der Waals surface area contributed by atoms with Gasteiger partial charge in [0.05, 0.1) is 23.8 Å². The van der Waals surface area contributed by atoms with Crippen LogP contribution in [0, 0.1) is 0 Å². The fourth-order valence-corrected chi connectivity index (χ4v) is 1.50. The van der Waals surface area contributed by atoms with Gasteiger partial charge in [0.15, 0.2) is 5.69 Å². The molecule has 2 aromatic rings. The molecule has 0 spiro atoms. The molecule has 0 saturated carbocycles. The summed E-state index contributed by atoms with van der Waals surface area (Å²) in [4.78, 5) is 17.3. The van der Waals surface area contributed by atoms with Gasteiger partial charge in [-0.15, -0.1) is 0 Å². The van der Waals surface area contributed by atoms with Crippen LogP contribution in [0.4, 0.5) is 5.69 Å². The maximum absolute atomic E-state index is 11.7. The molecule has 18 heavy (non-hydrogen) atoms. The van der Waals surface area contributed by atoms with Crippen molar-refractivity contribution in [2.45, 2.75) is 0 Å². The first-order chi connectivity index (χ1) is 8.61. The Morgan fingerprint density at radius 2 is 2.17 bits per heavy atom. The Bertz CT molecular complexity index is 561. The van der Waals surface area contributed by atoms with E-state index in [1.54, 1.807) is 43.4 Å². The monoisotopic (exact) mass is 245 g/mol. The number of amides is 1. The van der Waals surface area contributed by atoms with Crippen molar-refractivity contribution in [3.05, 3.63) is 36.4 Å². The number of pyridine rings is 1. The van der Waals surface area contributed by atoms with E-state index < -0.39 is 0 Å². The molecule has 1 N–H and O–H groups in total. The summed E-state index contributed by atoms with van der Waals surface area (Å²) >= 11 is 0. The summed E-state index contributed by atoms with van der Waals surface area (Å²) in [5.74, 6) is -0.119. The molecule has 0 fully saturated rings. The highest BCUT2D eigenvalue weighted by Crippen LogP contribution is 2.12. The predicted octanol–water partition coefficient (Wildman–Crippen LogP) is 1.01. The first kappa shape index (κ1) is 12.1. The second kappa shape index (κ2) is 4.87. The van der Waals surface area contributed by atoms with Gasteiger partial charge in [-0.25, -0.2) is 4.68 Å². The van der Waals surface area contributed by atoms with Gasteiger partial charge in [0.25, 0.3) is 5.91 Å². The van der Waals surface area contributed by atoms with Crippen molar-refractivity contribution < 1.29 is 4.79 Å². The van der Waals surface area contributed by atoms with Crippen LogP contribution in [0.2, 0.25) is 0 Å². The molecule has 6 heteroatoms. The Balaban J connectivity index is 2.32. The van der Waals surface area contributed by atoms with E-state index in [0.717, 1.165) is 11.4 Å². The van der Waals surface area contributed by atoms with Crippen molar-refractivity contribution in [1.29, 1.82) is 0 Å². The third kappa shape index (κ3) is 2.32. The van der Waals surface area contributed by atoms with Crippen LogP contribution in [0.5, 0.6) is 0 Å². The van der Waals surface area contributed by atoms with Crippen molar-refractivity contribution in [2.75, 3.05) is 26.5 Å². The molecule has 6 nitrogen and oxygen atoms in total. The number of rotatable bonds is 3. The number of hydrogen-bond donors (Lipinski definition) is 1. The van der Waals surface area contributed by atoms with Gasteiger partial charge in [0.1, 0.15) is 0 Å². The molecule has 0 bridgehead atoms. The molecular weight excluding hydrogens is 230 g/mol. The molecule has 0 aliphatic rings. The lowest BCUT2D eigenvalue weighted by atomic mass is 10.4. The van der Waals surface area contributed by atoms with Crippen LogP contribution in [-0.2, 0) is 0 Å². The van der Waals surface area contributed by atoms with Gasteiger partial charge in [0.2, 0.25) is 0 Å². The van der Waals surface area contributed by atoms with Gasteiger partial charge in [-0.2, -0.15) is 5.10 Å². The Morgan fingerprint density at radius 3 is 2.83 bits per heavy atom. The van der Waals surface area contributed by atoms with Crippen molar-refractivity contribution in [1.82, 2.24) is 19.7 Å². The molecule has 0 atom stereocenters. The fourth-order valence-electron chi connectivity index (χ4n) is 1.50. The van der Waals surface area contributed by atoms with E-state index in [0.29, 0.717) is 5.69 Å². The lowest BCUT2D eigenvalue weighted by molar-refractivity contribution is 0.0821. The topological polar surface area (TPSA) is 63.1 Å². The second-order valence-electron chi connectivity index (χ2n) is 4.03. The number of aromatic nitrogens is 3. The minimum Gasteiger partial charge on any atom is -0.387 e. The van der Waals surface area contributed by atoms with Crippen molar-refractivity contribution >= 4 is 11.6 Å². The largest absolute Gasteiger partial charge is 0.387 e. The minimum absolute atomic E-state index is 0.119. The summed E-state index contributed by atoms with van der Waals surface area (Å²) in [5, 5.41) is 7.24. The summed E-state index contributed by atoms with van der Waals surface area (Å²) in [7, 11) is 5.22. The summed E-state index contributed by atoms with van der Waals surface area (Å²) in [5.41, 5.74) is 2.11. The van der Waals surface area contributed by atoms with E-state index in [9.17, 15) is 4.79 Å². The quantitative estimate of drug-likeness (QED) is 0.876. The molecule has 2 rings (SSSR count). The van der Waals surface area contributed by atoms with Gasteiger partial charge >= 0.3 is 0 Å². The van der Waals surface area contributed by atoms with Gasteiger partial charge in [-0.1, -0.05) is 0 Å². The average molecular weight is 245 g/mol. The number of nitrogens with zero attached hydrogens (tertiary/aromatic N) is 4. The van der Waals surface area contributed by atoms with E-state index in [4.69, 9.17) is 0 Å². The maximum atomic E-state index is 11.7. The minimum atomic E-state index is -0.119. The number of hydrogen-bond acceptors (Lipinski definition) is 4. The third-order valence-electron chi connectivity index (χ3n) is 2.49. The molecule has 0 aromatic carbocycles. The number of carbonyl (C=O) groups excluding carboxylic acids is 1. The highest BCUT2D eigenvalue weighted by atomic mass is 16.2. The zero-order chi connectivity index (χ0) is 13.1. The van der Waals surface area contributed by atoms with Crippen LogP contribution in [0.3, 0.4) is 0 Å². The third-order valence-corrected chi connectivity index (χ3v) is 2.49. The average Bonchev–Trinajstić information content (AvgIpc) is 2.87. The van der Waals surface area contributed by atoms with E-state index in [1.807, 2.05) is 13.1 Å². The number of anilines is 1. The van der Waals surface area contributed by atoms with Crippen molar-refractivity contribution in [2.24, 2.45) is 0 Å². The first-order valence-corrected chi connectivity index (χ1v) is 5.52. The Kier molecular flexibility index (Phi) is 3.27. The molecule has 0 aliphatic carbocycles. The normalized spacial score (nSPS) is 10.2. The SMILES string of the molecule is CNc1cncc(-n2ccc(C(=O)N(C)C)n2)c1. The van der Waals surface area contributed by atoms with Crippen LogP contribution >= 0.6 is 0 Å². The highest BCUT2D eigenvalue weighted by Gasteiger charge is 2.11. The number of carbonyl (C=O) groups is 1. The molecule has 2 heterocycles. The summed E-state index contributed by atoms with van der Waals surface area (Å²) in [6.07, 6.45) is 5.16. The van der Waals surface area contributed by atoms with Gasteiger partial charge in [-0.3, -0.25) is 9.78 Å². The predicted molar refractivity (Wildman–Crippen MR) is 68.9 cm³/mol. The summed E-state index contributed by atoms with van der Waals surface area (Å²) in [6, 6.07) is 3.60. The molecule has 1 amide bonds.